The van der Waals surface area contributed by atoms with Crippen molar-refractivity contribution in [3.63, 3.8) is 0 Å². The Hall–Kier alpha value is -1.45. The lowest BCUT2D eigenvalue weighted by molar-refractivity contribution is 0.251. The monoisotopic (exact) mass is 304 g/mol. The Kier molecular flexibility index (Phi) is 1.98. The molecule has 1 amide bonds. The van der Waals surface area contributed by atoms with E-state index in [2.05, 4.69) is 15.0 Å². The van der Waals surface area contributed by atoms with Gasteiger partial charge in [0.2, 0.25) is 5.95 Å². The topological polar surface area (TPSA) is 113 Å². The molecule has 2 rings (SSSR count). The molecule has 4 N–H and O–H groups in total. The van der Waals surface area contributed by atoms with E-state index in [0.29, 0.717) is 14.9 Å². The highest BCUT2D eigenvalue weighted by Gasteiger charge is 2.12. The van der Waals surface area contributed by atoms with E-state index in [0.717, 1.165) is 4.57 Å². The quantitative estimate of drug-likeness (QED) is 0.523. The van der Waals surface area contributed by atoms with Crippen molar-refractivity contribution in [1.82, 2.24) is 19.5 Å². The number of halogens is 1. The van der Waals surface area contributed by atoms with E-state index >= 15 is 0 Å². The first kappa shape index (κ1) is 9.12. The summed E-state index contributed by atoms with van der Waals surface area (Å²) in [5.41, 5.74) is 11.4. The van der Waals surface area contributed by atoms with Gasteiger partial charge in [-0.3, -0.25) is 0 Å². The summed E-state index contributed by atoms with van der Waals surface area (Å²) in [7, 11) is 0. The van der Waals surface area contributed by atoms with Crippen molar-refractivity contribution in [2.24, 2.45) is 5.73 Å². The van der Waals surface area contributed by atoms with Gasteiger partial charge in [0.1, 0.15) is 15.5 Å². The number of aromatic nitrogens is 4. The lowest BCUT2D eigenvalue weighted by Gasteiger charge is -1.97. The van der Waals surface area contributed by atoms with Crippen LogP contribution in [0.5, 0.6) is 0 Å². The van der Waals surface area contributed by atoms with Gasteiger partial charge in [0.05, 0.1) is 0 Å². The fourth-order valence-electron chi connectivity index (χ4n) is 1.04. The largest absolute Gasteiger partial charge is 0.368 e. The Morgan fingerprint density at radius 3 is 2.86 bits per heavy atom. The number of rotatable bonds is 0. The Labute approximate surface area is 91.7 Å². The molecule has 0 aromatic carbocycles. The predicted octanol–water partition coefficient (Wildman–Crippen LogP) is -0.0601. The molecule has 0 spiro atoms. The second-order valence-electron chi connectivity index (χ2n) is 2.50. The maximum atomic E-state index is 10.9. The number of imidazole rings is 1. The van der Waals surface area contributed by atoms with Gasteiger partial charge in [0.15, 0.2) is 5.65 Å². The van der Waals surface area contributed by atoms with Crippen LogP contribution in [0.1, 0.15) is 0 Å². The van der Waals surface area contributed by atoms with Crippen LogP contribution >= 0.6 is 22.6 Å². The summed E-state index contributed by atoms with van der Waals surface area (Å²) >= 11 is 1.96. The fourth-order valence-corrected chi connectivity index (χ4v) is 1.67. The van der Waals surface area contributed by atoms with Crippen LogP contribution in [0.25, 0.3) is 11.2 Å². The van der Waals surface area contributed by atoms with Crippen LogP contribution in [0.4, 0.5) is 10.7 Å². The van der Waals surface area contributed by atoms with Crippen LogP contribution in [0, 0.1) is 3.70 Å². The van der Waals surface area contributed by atoms with Crippen LogP contribution in [0.15, 0.2) is 6.33 Å². The average Bonchev–Trinajstić information content (AvgIpc) is 2.47. The van der Waals surface area contributed by atoms with E-state index in [1.807, 2.05) is 22.6 Å². The molecule has 72 valence electrons. The molecule has 14 heavy (non-hydrogen) atoms. The van der Waals surface area contributed by atoms with Crippen molar-refractivity contribution in [2.45, 2.75) is 0 Å². The maximum absolute atomic E-state index is 10.9. The molecule has 0 atom stereocenters. The van der Waals surface area contributed by atoms with E-state index in [9.17, 15) is 4.79 Å². The molecular weight excluding hydrogens is 299 g/mol. The van der Waals surface area contributed by atoms with E-state index in [1.165, 1.54) is 6.33 Å². The van der Waals surface area contributed by atoms with Crippen LogP contribution in [0.2, 0.25) is 0 Å². The third-order valence-corrected chi connectivity index (χ3v) is 2.36. The third kappa shape index (κ3) is 1.27. The number of carbonyl (C=O) groups is 1. The van der Waals surface area contributed by atoms with E-state index in [1.54, 1.807) is 0 Å². The Bertz CT molecular complexity index is 520. The van der Waals surface area contributed by atoms with Gasteiger partial charge < -0.3 is 11.5 Å². The number of hydrogen-bond acceptors (Lipinski definition) is 5. The molecular formula is C6H5IN6O. The zero-order valence-electron chi connectivity index (χ0n) is 6.81. The van der Waals surface area contributed by atoms with Gasteiger partial charge in [-0.25, -0.2) is 19.3 Å². The van der Waals surface area contributed by atoms with Crippen LogP contribution in [-0.4, -0.2) is 25.6 Å². The summed E-state index contributed by atoms with van der Waals surface area (Å²) in [5, 5.41) is 0. The minimum Gasteiger partial charge on any atom is -0.368 e. The molecule has 0 aliphatic carbocycles. The Morgan fingerprint density at radius 1 is 1.50 bits per heavy atom. The summed E-state index contributed by atoms with van der Waals surface area (Å²) < 4.78 is 1.71. The third-order valence-electron chi connectivity index (χ3n) is 1.61. The van der Waals surface area contributed by atoms with E-state index < -0.39 is 6.03 Å². The number of amides is 1. The minimum absolute atomic E-state index is 0.0879. The summed E-state index contributed by atoms with van der Waals surface area (Å²) in [4.78, 5) is 22.7. The van der Waals surface area contributed by atoms with Crippen LogP contribution in [-0.2, 0) is 0 Å². The highest BCUT2D eigenvalue weighted by atomic mass is 127. The lowest BCUT2D eigenvalue weighted by atomic mass is 10.5. The second kappa shape index (κ2) is 3.04. The molecule has 2 heterocycles. The zero-order chi connectivity index (χ0) is 10.3. The summed E-state index contributed by atoms with van der Waals surface area (Å²) in [5.74, 6) is 0.0879. The van der Waals surface area contributed by atoms with Crippen LogP contribution < -0.4 is 11.5 Å². The molecule has 0 saturated heterocycles. The lowest BCUT2D eigenvalue weighted by Crippen LogP contribution is -2.19. The number of primary amides is 1. The molecule has 0 unspecified atom stereocenters. The van der Waals surface area contributed by atoms with Crippen LogP contribution in [0.3, 0.4) is 0 Å². The first-order valence-electron chi connectivity index (χ1n) is 3.55. The molecule has 0 fully saturated rings. The summed E-state index contributed by atoms with van der Waals surface area (Å²) in [6, 6.07) is -0.651. The van der Waals surface area contributed by atoms with E-state index in [4.69, 9.17) is 11.5 Å². The minimum atomic E-state index is -0.651. The van der Waals surface area contributed by atoms with Crippen molar-refractivity contribution in [3.8, 4) is 0 Å². The van der Waals surface area contributed by atoms with Gasteiger partial charge in [-0.05, 0) is 22.6 Å². The highest BCUT2D eigenvalue weighted by Crippen LogP contribution is 2.16. The molecule has 0 saturated carbocycles. The van der Waals surface area contributed by atoms with Crippen molar-refractivity contribution >= 4 is 45.7 Å². The molecule has 8 heteroatoms. The Balaban J connectivity index is 2.85. The molecule has 0 aliphatic heterocycles. The van der Waals surface area contributed by atoms with Gasteiger partial charge in [-0.2, -0.15) is 4.98 Å². The van der Waals surface area contributed by atoms with Crippen molar-refractivity contribution in [1.29, 1.82) is 0 Å². The van der Waals surface area contributed by atoms with Gasteiger partial charge in [0.25, 0.3) is 0 Å². The number of nitrogens with zero attached hydrogens (tertiary/aromatic N) is 4. The van der Waals surface area contributed by atoms with Crippen molar-refractivity contribution < 1.29 is 4.79 Å². The second-order valence-corrected chi connectivity index (χ2v) is 3.52. The zero-order valence-corrected chi connectivity index (χ0v) is 8.96. The predicted molar refractivity (Wildman–Crippen MR) is 57.4 cm³/mol. The smallest absolute Gasteiger partial charge is 0.325 e. The van der Waals surface area contributed by atoms with Gasteiger partial charge in [0, 0.05) is 0 Å². The molecule has 7 nitrogen and oxygen atoms in total. The number of nitrogens with two attached hydrogens (primary N) is 2. The first-order chi connectivity index (χ1) is 6.59. The van der Waals surface area contributed by atoms with E-state index in [-0.39, 0.29) is 5.95 Å². The molecule has 0 bridgehead atoms. The molecule has 2 aromatic heterocycles. The van der Waals surface area contributed by atoms with Gasteiger partial charge in [-0.1, -0.05) is 0 Å². The van der Waals surface area contributed by atoms with Gasteiger partial charge in [-0.15, -0.1) is 0 Å². The molecule has 0 radical (unpaired) electrons. The van der Waals surface area contributed by atoms with Crippen molar-refractivity contribution in [2.75, 3.05) is 5.73 Å². The summed E-state index contributed by atoms with van der Waals surface area (Å²) in [6.45, 7) is 0. The maximum Gasteiger partial charge on any atom is 0.325 e. The van der Waals surface area contributed by atoms with Crippen molar-refractivity contribution in [3.05, 3.63) is 10.0 Å². The standard InChI is InChI=1S/C6H5IN6O/c7-3-2-4(12-5(8)11-3)13(1-10-2)6(9)14/h1H,(H2,9,14)(H2,8,11,12). The first-order valence-corrected chi connectivity index (χ1v) is 4.63. The number of fused-ring (bicyclic) bond motifs is 1. The number of anilines is 1. The number of hydrogen-bond donors (Lipinski definition) is 2. The number of carbonyl (C=O) groups excluding carboxylic acids is 1. The number of nitrogen functional groups attached to an aromatic ring is 1. The Morgan fingerprint density at radius 2 is 2.21 bits per heavy atom. The van der Waals surface area contributed by atoms with Gasteiger partial charge >= 0.3 is 6.03 Å². The fraction of sp³-hybridized carbons (Fsp3) is 0. The summed E-state index contributed by atoms with van der Waals surface area (Å²) in [6.07, 6.45) is 1.29. The molecule has 2 aromatic rings. The molecule has 0 aliphatic rings. The SMILES string of the molecule is NC(=O)n1cnc2c(I)nc(N)nc21. The highest BCUT2D eigenvalue weighted by molar-refractivity contribution is 14.1. The average molecular weight is 304 g/mol. The normalized spacial score (nSPS) is 10.6.